The summed E-state index contributed by atoms with van der Waals surface area (Å²) >= 11 is 0. The van der Waals surface area contributed by atoms with Crippen LogP contribution in [0.25, 0.3) is 0 Å². The first-order chi connectivity index (χ1) is 25.6. The molecule has 0 saturated carbocycles. The Morgan fingerprint density at radius 3 is 1.15 bits per heavy atom. The second kappa shape index (κ2) is 29.0. The first-order valence-corrected chi connectivity index (χ1v) is 18.4. The number of amides is 6. The fourth-order valence-electron chi connectivity index (χ4n) is 5.23. The van der Waals surface area contributed by atoms with Crippen LogP contribution in [-0.4, -0.2) is 120 Å². The molecule has 0 fully saturated rings. The molecule has 6 unspecified atom stereocenters. The van der Waals surface area contributed by atoms with Gasteiger partial charge in [0.2, 0.25) is 35.4 Å². The lowest BCUT2D eigenvalue weighted by Gasteiger charge is -2.27. The van der Waals surface area contributed by atoms with Gasteiger partial charge in [0.25, 0.3) is 0 Å². The Bertz CT molecular complexity index is 1210. The SMILES string of the molecule is NCCCCC(N)C(=O)NC(CC(N)=O)C(=O)NC(CCCCN)C(=O)NC(CCC(=O)O)C(=O)NC(CCCCN)C(=O)NC(CCCCN)C(=O)O. The molecule has 0 aliphatic heterocycles. The average Bonchev–Trinajstić information content (AvgIpc) is 3.11. The van der Waals surface area contributed by atoms with Gasteiger partial charge in [-0.2, -0.15) is 0 Å². The van der Waals surface area contributed by atoms with Crippen LogP contribution in [0, 0.1) is 0 Å². The summed E-state index contributed by atoms with van der Waals surface area (Å²) in [5.74, 6) is -7.87. The molecule has 0 aromatic rings. The van der Waals surface area contributed by atoms with Gasteiger partial charge >= 0.3 is 11.9 Å². The molecule has 0 aliphatic rings. The van der Waals surface area contributed by atoms with Crippen LogP contribution in [0.4, 0.5) is 0 Å². The quantitative estimate of drug-likeness (QED) is 0.0290. The van der Waals surface area contributed by atoms with Gasteiger partial charge in [-0.15, -0.1) is 0 Å². The molecule has 6 atom stereocenters. The molecule has 21 nitrogen and oxygen atoms in total. The van der Waals surface area contributed by atoms with Gasteiger partial charge in [0.1, 0.15) is 30.2 Å². The van der Waals surface area contributed by atoms with Crippen LogP contribution in [-0.2, 0) is 38.4 Å². The van der Waals surface area contributed by atoms with Crippen molar-refractivity contribution >= 4 is 47.4 Å². The lowest BCUT2D eigenvalue weighted by molar-refractivity contribution is -0.142. The fourth-order valence-corrected chi connectivity index (χ4v) is 5.23. The zero-order valence-electron chi connectivity index (χ0n) is 31.0. The van der Waals surface area contributed by atoms with Gasteiger partial charge in [0.05, 0.1) is 12.5 Å². The van der Waals surface area contributed by atoms with E-state index in [2.05, 4.69) is 26.6 Å². The van der Waals surface area contributed by atoms with Gasteiger partial charge in [-0.25, -0.2) is 4.79 Å². The average molecular weight is 774 g/mol. The Morgan fingerprint density at radius 2 is 0.778 bits per heavy atom. The second-order valence-electron chi connectivity index (χ2n) is 13.0. The van der Waals surface area contributed by atoms with Gasteiger partial charge in [-0.05, 0) is 103 Å². The van der Waals surface area contributed by atoms with Crippen molar-refractivity contribution in [1.82, 2.24) is 26.6 Å². The van der Waals surface area contributed by atoms with E-state index >= 15 is 0 Å². The van der Waals surface area contributed by atoms with Crippen molar-refractivity contribution in [1.29, 1.82) is 0 Å². The largest absolute Gasteiger partial charge is 0.481 e. The van der Waals surface area contributed by atoms with Crippen LogP contribution in [0.2, 0.25) is 0 Å². The van der Waals surface area contributed by atoms with E-state index in [0.29, 0.717) is 64.5 Å². The second-order valence-corrected chi connectivity index (χ2v) is 13.0. The van der Waals surface area contributed by atoms with E-state index in [1.54, 1.807) is 0 Å². The van der Waals surface area contributed by atoms with E-state index in [1.807, 2.05) is 0 Å². The smallest absolute Gasteiger partial charge is 0.326 e. The Labute approximate surface area is 315 Å². The molecule has 19 N–H and O–H groups in total. The third-order valence-corrected chi connectivity index (χ3v) is 8.35. The molecule has 0 rings (SSSR count). The van der Waals surface area contributed by atoms with Crippen molar-refractivity contribution in [2.45, 2.75) is 133 Å². The number of hydrogen-bond donors (Lipinski definition) is 13. The zero-order chi connectivity index (χ0) is 41.1. The van der Waals surface area contributed by atoms with E-state index in [0.717, 1.165) is 0 Å². The van der Waals surface area contributed by atoms with Gasteiger partial charge in [0.15, 0.2) is 0 Å². The number of rotatable bonds is 32. The number of primary amides is 1. The summed E-state index contributed by atoms with van der Waals surface area (Å²) in [7, 11) is 0. The number of carboxylic acid groups (broad SMARTS) is 2. The van der Waals surface area contributed by atoms with Crippen LogP contribution < -0.4 is 61.0 Å². The summed E-state index contributed by atoms with van der Waals surface area (Å²) in [5.41, 5.74) is 33.4. The molecule has 0 spiro atoms. The van der Waals surface area contributed by atoms with Crippen LogP contribution in [0.1, 0.15) is 96.3 Å². The predicted molar refractivity (Wildman–Crippen MR) is 198 cm³/mol. The Morgan fingerprint density at radius 1 is 0.444 bits per heavy atom. The van der Waals surface area contributed by atoms with E-state index < -0.39 is 103 Å². The topological polar surface area (TPSA) is 393 Å². The van der Waals surface area contributed by atoms with Gasteiger partial charge in [-0.1, -0.05) is 6.42 Å². The molecule has 0 bridgehead atoms. The molecule has 6 amide bonds. The maximum absolute atomic E-state index is 13.7. The number of hydrogen-bond acceptors (Lipinski definition) is 13. The number of nitrogens with two attached hydrogens (primary N) is 6. The lowest BCUT2D eigenvalue weighted by atomic mass is 10.0. The highest BCUT2D eigenvalue weighted by Crippen LogP contribution is 2.09. The number of carbonyl (C=O) groups excluding carboxylic acids is 6. The maximum atomic E-state index is 13.7. The summed E-state index contributed by atoms with van der Waals surface area (Å²) in [6.07, 6.45) is 2.43. The highest BCUT2D eigenvalue weighted by Gasteiger charge is 2.33. The minimum Gasteiger partial charge on any atom is -0.481 e. The maximum Gasteiger partial charge on any atom is 0.326 e. The molecule has 0 aromatic carbocycles. The van der Waals surface area contributed by atoms with Crippen molar-refractivity contribution in [3.05, 3.63) is 0 Å². The third kappa shape index (κ3) is 21.9. The molecule has 21 heteroatoms. The van der Waals surface area contributed by atoms with E-state index in [9.17, 15) is 48.6 Å². The summed E-state index contributed by atoms with van der Waals surface area (Å²) in [6, 6.07) is -7.96. The zero-order valence-corrected chi connectivity index (χ0v) is 31.0. The highest BCUT2D eigenvalue weighted by atomic mass is 16.4. The number of aliphatic carboxylic acids is 2. The molecule has 0 radical (unpaired) electrons. The molecule has 0 aliphatic carbocycles. The minimum absolute atomic E-state index is 0.0112. The summed E-state index contributed by atoms with van der Waals surface area (Å²) in [4.78, 5) is 102. The standard InChI is InChI=1S/C33H63N11O10/c34-15-5-1-9-20(38)28(48)44-25(19-26(39)45)32(52)41-21(10-2-6-16-35)29(49)42-23(13-14-27(46)47)31(51)40-22(11-3-7-17-36)30(50)43-24(33(53)54)12-4-8-18-37/h20-25H,1-19,34-38H2,(H2,39,45)(H,40,51)(H,41,52)(H,42,49)(H,43,50)(H,44,48)(H,46,47)(H,53,54). The normalized spacial score (nSPS) is 14.3. The Balaban J connectivity index is 6.24. The van der Waals surface area contributed by atoms with Crippen LogP contribution >= 0.6 is 0 Å². The highest BCUT2D eigenvalue weighted by molar-refractivity contribution is 5.97. The van der Waals surface area contributed by atoms with E-state index in [-0.39, 0.29) is 38.8 Å². The van der Waals surface area contributed by atoms with E-state index in [1.165, 1.54) is 0 Å². The van der Waals surface area contributed by atoms with Crippen molar-refractivity contribution in [2.24, 2.45) is 34.4 Å². The first kappa shape index (κ1) is 49.6. The lowest BCUT2D eigenvalue weighted by Crippen LogP contribution is -2.59. The Kier molecular flexibility index (Phi) is 26.6. The summed E-state index contributed by atoms with van der Waals surface area (Å²) in [6.45, 7) is 1.24. The number of carbonyl (C=O) groups is 8. The van der Waals surface area contributed by atoms with Crippen molar-refractivity contribution in [3.8, 4) is 0 Å². The van der Waals surface area contributed by atoms with Crippen LogP contribution in [0.5, 0.6) is 0 Å². The molecule has 310 valence electrons. The number of nitrogens with one attached hydrogen (secondary N) is 5. The van der Waals surface area contributed by atoms with Gasteiger partial charge in [0, 0.05) is 6.42 Å². The van der Waals surface area contributed by atoms with Crippen LogP contribution in [0.3, 0.4) is 0 Å². The Hall–Kier alpha value is -4.44. The third-order valence-electron chi connectivity index (χ3n) is 8.35. The van der Waals surface area contributed by atoms with Gasteiger partial charge < -0.3 is 71.2 Å². The first-order valence-electron chi connectivity index (χ1n) is 18.4. The van der Waals surface area contributed by atoms with Crippen molar-refractivity contribution in [3.63, 3.8) is 0 Å². The monoisotopic (exact) mass is 773 g/mol. The summed E-state index contributed by atoms with van der Waals surface area (Å²) in [5, 5.41) is 31.2. The molecule has 0 heterocycles. The number of unbranched alkanes of at least 4 members (excludes halogenated alkanes) is 4. The van der Waals surface area contributed by atoms with E-state index in [4.69, 9.17) is 34.4 Å². The molecule has 0 aromatic heterocycles. The number of carboxylic acids is 2. The molecular formula is C33H63N11O10. The summed E-state index contributed by atoms with van der Waals surface area (Å²) < 4.78 is 0. The minimum atomic E-state index is -1.53. The van der Waals surface area contributed by atoms with Gasteiger partial charge in [-0.3, -0.25) is 33.6 Å². The molecule has 54 heavy (non-hydrogen) atoms. The van der Waals surface area contributed by atoms with Crippen molar-refractivity contribution in [2.75, 3.05) is 26.2 Å². The molecular weight excluding hydrogens is 710 g/mol. The van der Waals surface area contributed by atoms with Crippen molar-refractivity contribution < 1.29 is 48.6 Å². The fraction of sp³-hybridized carbons (Fsp3) is 0.758. The predicted octanol–water partition coefficient (Wildman–Crippen LogP) is -3.92. The molecule has 0 saturated heterocycles. The van der Waals surface area contributed by atoms with Crippen LogP contribution in [0.15, 0.2) is 0 Å².